The molecule has 0 atom stereocenters. The van der Waals surface area contributed by atoms with Crippen LogP contribution in [0.5, 0.6) is 0 Å². The Morgan fingerprint density at radius 2 is 1.96 bits per heavy atom. The van der Waals surface area contributed by atoms with E-state index in [0.29, 0.717) is 21.0 Å². The molecule has 0 fully saturated rings. The molecule has 28 heavy (non-hydrogen) atoms. The second kappa shape index (κ2) is 7.22. The van der Waals surface area contributed by atoms with Gasteiger partial charge in [-0.05, 0) is 24.1 Å². The van der Waals surface area contributed by atoms with Crippen molar-refractivity contribution in [1.82, 2.24) is 0 Å². The van der Waals surface area contributed by atoms with Crippen molar-refractivity contribution in [2.45, 2.75) is 13.3 Å². The predicted molar refractivity (Wildman–Crippen MR) is 112 cm³/mol. The van der Waals surface area contributed by atoms with Crippen molar-refractivity contribution in [3.8, 4) is 6.07 Å². The molecule has 3 N–H and O–H groups in total. The van der Waals surface area contributed by atoms with Gasteiger partial charge in [-0.1, -0.05) is 43.3 Å². The SMILES string of the molecule is CCc1ccccc1Nc1sc(C(=O)c2coc3ccccc23)c(N)c1C#N. The number of nitriles is 1. The largest absolute Gasteiger partial charge is 0.464 e. The van der Waals surface area contributed by atoms with E-state index in [1.54, 1.807) is 6.07 Å². The molecule has 0 radical (unpaired) electrons. The molecule has 0 saturated heterocycles. The zero-order chi connectivity index (χ0) is 19.7. The second-order valence-corrected chi connectivity index (χ2v) is 7.29. The van der Waals surface area contributed by atoms with Gasteiger partial charge in [0, 0.05) is 11.1 Å². The first-order valence-corrected chi connectivity index (χ1v) is 9.64. The van der Waals surface area contributed by atoms with Crippen molar-refractivity contribution >= 4 is 44.5 Å². The molecule has 0 amide bonds. The molecule has 0 bridgehead atoms. The number of hydrogen-bond acceptors (Lipinski definition) is 6. The molecule has 4 rings (SSSR count). The molecule has 0 unspecified atom stereocenters. The van der Waals surface area contributed by atoms with Crippen LogP contribution in [0.15, 0.2) is 59.2 Å². The van der Waals surface area contributed by atoms with Gasteiger partial charge in [0.1, 0.15) is 33.4 Å². The van der Waals surface area contributed by atoms with Crippen molar-refractivity contribution < 1.29 is 9.21 Å². The Labute approximate surface area is 166 Å². The molecule has 2 heterocycles. The average Bonchev–Trinajstić information content (AvgIpc) is 3.29. The fourth-order valence-electron chi connectivity index (χ4n) is 3.16. The molecular formula is C22H17N3O2S. The minimum absolute atomic E-state index is 0.194. The summed E-state index contributed by atoms with van der Waals surface area (Å²) < 4.78 is 5.48. The topological polar surface area (TPSA) is 92.1 Å². The van der Waals surface area contributed by atoms with Crippen LogP contribution in [0.3, 0.4) is 0 Å². The van der Waals surface area contributed by atoms with Crippen LogP contribution in [0.25, 0.3) is 11.0 Å². The fraction of sp³-hybridized carbons (Fsp3) is 0.0909. The fourth-order valence-corrected chi connectivity index (χ4v) is 4.20. The van der Waals surface area contributed by atoms with Crippen LogP contribution in [0.1, 0.15) is 33.3 Å². The normalized spacial score (nSPS) is 10.7. The standard InChI is InChI=1S/C22H17N3O2S/c1-2-13-7-3-5-9-17(13)25-22-15(11-23)19(24)21(28-22)20(26)16-12-27-18-10-6-4-8-14(16)18/h3-10,12,25H,2,24H2,1H3. The van der Waals surface area contributed by atoms with E-state index in [2.05, 4.69) is 18.3 Å². The molecule has 4 aromatic rings. The van der Waals surface area contributed by atoms with Crippen molar-refractivity contribution in [2.75, 3.05) is 11.1 Å². The zero-order valence-corrected chi connectivity index (χ0v) is 16.0. The monoisotopic (exact) mass is 387 g/mol. The minimum atomic E-state index is -0.249. The van der Waals surface area contributed by atoms with Crippen LogP contribution in [-0.2, 0) is 6.42 Å². The lowest BCUT2D eigenvalue weighted by atomic mass is 10.1. The summed E-state index contributed by atoms with van der Waals surface area (Å²) in [7, 11) is 0. The Bertz CT molecular complexity index is 1230. The van der Waals surface area contributed by atoms with Gasteiger partial charge in [-0.3, -0.25) is 4.79 Å². The molecule has 2 aromatic heterocycles. The molecule has 0 aliphatic heterocycles. The number of ketones is 1. The van der Waals surface area contributed by atoms with Gasteiger partial charge in [-0.2, -0.15) is 5.26 Å². The van der Waals surface area contributed by atoms with Crippen LogP contribution < -0.4 is 11.1 Å². The number of nitrogens with two attached hydrogens (primary N) is 1. The van der Waals surface area contributed by atoms with Crippen molar-refractivity contribution in [3.05, 3.63) is 76.4 Å². The lowest BCUT2D eigenvalue weighted by Crippen LogP contribution is -2.02. The van der Waals surface area contributed by atoms with E-state index in [4.69, 9.17) is 10.2 Å². The highest BCUT2D eigenvalue weighted by Gasteiger charge is 2.25. The number of carbonyl (C=O) groups is 1. The third-order valence-corrected chi connectivity index (χ3v) is 5.75. The van der Waals surface area contributed by atoms with E-state index in [-0.39, 0.29) is 17.0 Å². The summed E-state index contributed by atoms with van der Waals surface area (Å²) >= 11 is 1.19. The number of aryl methyl sites for hydroxylation is 1. The first kappa shape index (κ1) is 17.8. The summed E-state index contributed by atoms with van der Waals surface area (Å²) in [6, 6.07) is 17.3. The maximum atomic E-state index is 13.1. The van der Waals surface area contributed by atoms with Crippen molar-refractivity contribution in [2.24, 2.45) is 0 Å². The van der Waals surface area contributed by atoms with Gasteiger partial charge in [0.05, 0.1) is 11.3 Å². The zero-order valence-electron chi connectivity index (χ0n) is 15.2. The van der Waals surface area contributed by atoms with Crippen molar-refractivity contribution in [3.63, 3.8) is 0 Å². The number of anilines is 3. The highest BCUT2D eigenvalue weighted by atomic mass is 32.1. The van der Waals surface area contributed by atoms with Crippen LogP contribution in [-0.4, -0.2) is 5.78 Å². The summed E-state index contributed by atoms with van der Waals surface area (Å²) in [6.07, 6.45) is 2.29. The Morgan fingerprint density at radius 1 is 1.21 bits per heavy atom. The van der Waals surface area contributed by atoms with E-state index in [0.717, 1.165) is 23.1 Å². The molecule has 2 aromatic carbocycles. The number of carbonyl (C=O) groups excluding carboxylic acids is 1. The van der Waals surface area contributed by atoms with E-state index in [1.165, 1.54) is 17.6 Å². The van der Waals surface area contributed by atoms with Crippen LogP contribution in [0.4, 0.5) is 16.4 Å². The molecule has 0 aliphatic rings. The average molecular weight is 387 g/mol. The Hall–Kier alpha value is -3.56. The van der Waals surface area contributed by atoms with E-state index >= 15 is 0 Å². The number of fused-ring (bicyclic) bond motifs is 1. The lowest BCUT2D eigenvalue weighted by Gasteiger charge is -2.09. The van der Waals surface area contributed by atoms with E-state index < -0.39 is 0 Å². The van der Waals surface area contributed by atoms with Gasteiger partial charge in [-0.15, -0.1) is 11.3 Å². The Kier molecular flexibility index (Phi) is 4.60. The molecule has 5 nitrogen and oxygen atoms in total. The third kappa shape index (κ3) is 2.92. The maximum Gasteiger partial charge on any atom is 0.209 e. The van der Waals surface area contributed by atoms with E-state index in [1.807, 2.05) is 42.5 Å². The molecular weight excluding hydrogens is 370 g/mol. The van der Waals surface area contributed by atoms with Gasteiger partial charge in [0.15, 0.2) is 0 Å². The number of furan rings is 1. The quantitative estimate of drug-likeness (QED) is 0.442. The highest BCUT2D eigenvalue weighted by molar-refractivity contribution is 7.19. The smallest absolute Gasteiger partial charge is 0.209 e. The number of rotatable bonds is 5. The third-order valence-electron chi connectivity index (χ3n) is 4.64. The molecule has 0 spiro atoms. The number of thiophene rings is 1. The van der Waals surface area contributed by atoms with Gasteiger partial charge < -0.3 is 15.5 Å². The van der Waals surface area contributed by atoms with E-state index in [9.17, 15) is 10.1 Å². The molecule has 6 heteroatoms. The summed E-state index contributed by atoms with van der Waals surface area (Å²) in [4.78, 5) is 13.5. The summed E-state index contributed by atoms with van der Waals surface area (Å²) in [5.74, 6) is -0.249. The second-order valence-electron chi connectivity index (χ2n) is 6.27. The summed E-state index contributed by atoms with van der Waals surface area (Å²) in [5.41, 5.74) is 9.76. The number of nitrogens with one attached hydrogen (secondary N) is 1. The van der Waals surface area contributed by atoms with Crippen LogP contribution in [0, 0.1) is 11.3 Å². The predicted octanol–water partition coefficient (Wildman–Crippen LogP) is 5.49. The van der Waals surface area contributed by atoms with Crippen molar-refractivity contribution in [1.29, 1.82) is 5.26 Å². The number of para-hydroxylation sites is 2. The number of nitrogens with zero attached hydrogens (tertiary/aromatic N) is 1. The van der Waals surface area contributed by atoms with Crippen LogP contribution >= 0.6 is 11.3 Å². The summed E-state index contributed by atoms with van der Waals surface area (Å²) in [6.45, 7) is 2.06. The van der Waals surface area contributed by atoms with Gasteiger partial charge in [-0.25, -0.2) is 0 Å². The lowest BCUT2D eigenvalue weighted by molar-refractivity contribution is 0.104. The summed E-state index contributed by atoms with van der Waals surface area (Å²) in [5, 5.41) is 14.2. The Morgan fingerprint density at radius 3 is 2.75 bits per heavy atom. The Balaban J connectivity index is 1.77. The van der Waals surface area contributed by atoms with Crippen LogP contribution in [0.2, 0.25) is 0 Å². The maximum absolute atomic E-state index is 13.1. The number of hydrogen-bond donors (Lipinski definition) is 2. The highest BCUT2D eigenvalue weighted by Crippen LogP contribution is 2.39. The number of benzene rings is 2. The molecule has 138 valence electrons. The molecule has 0 saturated carbocycles. The van der Waals surface area contributed by atoms with Gasteiger partial charge in [0.2, 0.25) is 5.78 Å². The van der Waals surface area contributed by atoms with Gasteiger partial charge >= 0.3 is 0 Å². The minimum Gasteiger partial charge on any atom is -0.464 e. The molecule has 0 aliphatic carbocycles. The van der Waals surface area contributed by atoms with Gasteiger partial charge in [0.25, 0.3) is 0 Å². The first-order chi connectivity index (χ1) is 13.6. The first-order valence-electron chi connectivity index (χ1n) is 8.82. The number of nitrogen functional groups attached to an aromatic ring is 1.